The zero-order chi connectivity index (χ0) is 9.26. The molecule has 2 aromatic heterocycles. The third-order valence-electron chi connectivity index (χ3n) is 1.81. The van der Waals surface area contributed by atoms with E-state index in [-0.39, 0.29) is 0 Å². The Bertz CT molecular complexity index is 419. The molecule has 0 unspecified atom stereocenters. The first kappa shape index (κ1) is 7.91. The largest absolute Gasteiger partial charge is 0.341 e. The van der Waals surface area contributed by atoms with Gasteiger partial charge in [-0.05, 0) is 13.8 Å². The first-order valence-electron chi connectivity index (χ1n) is 4.07. The highest BCUT2D eigenvalue weighted by Crippen LogP contribution is 2.14. The molecule has 1 N–H and O–H groups in total. The lowest BCUT2D eigenvalue weighted by molar-refractivity contribution is 1.09. The van der Waals surface area contributed by atoms with Crippen molar-refractivity contribution in [1.82, 2.24) is 19.9 Å². The van der Waals surface area contributed by atoms with Crippen molar-refractivity contribution < 1.29 is 0 Å². The van der Waals surface area contributed by atoms with Crippen LogP contribution in [0.25, 0.3) is 11.5 Å². The van der Waals surface area contributed by atoms with E-state index in [9.17, 15) is 0 Å². The van der Waals surface area contributed by atoms with Crippen LogP contribution in [0, 0.1) is 13.8 Å². The minimum Gasteiger partial charge on any atom is -0.341 e. The minimum absolute atomic E-state index is 0.781. The number of aromatic amines is 1. The lowest BCUT2D eigenvalue weighted by Gasteiger charge is -1.98. The molecule has 13 heavy (non-hydrogen) atoms. The number of nitrogens with one attached hydrogen (secondary N) is 1. The van der Waals surface area contributed by atoms with E-state index < -0.39 is 0 Å². The molecule has 2 aromatic rings. The predicted octanol–water partition coefficient (Wildman–Crippen LogP) is 1.48. The van der Waals surface area contributed by atoms with E-state index in [0.29, 0.717) is 0 Å². The maximum atomic E-state index is 4.21. The Kier molecular flexibility index (Phi) is 1.81. The Hall–Kier alpha value is -1.71. The Morgan fingerprint density at radius 2 is 1.85 bits per heavy atom. The van der Waals surface area contributed by atoms with Crippen LogP contribution in [0.5, 0.6) is 0 Å². The number of nitrogens with zero attached hydrogens (tertiary/aromatic N) is 3. The van der Waals surface area contributed by atoms with Crippen LogP contribution in [0.4, 0.5) is 0 Å². The summed E-state index contributed by atoms with van der Waals surface area (Å²) in [6.45, 7) is 3.88. The number of imidazole rings is 1. The lowest BCUT2D eigenvalue weighted by atomic mass is 10.3. The van der Waals surface area contributed by atoms with Crippen molar-refractivity contribution >= 4 is 0 Å². The highest BCUT2D eigenvalue weighted by molar-refractivity contribution is 5.51. The molecule has 0 fully saturated rings. The molecule has 2 rings (SSSR count). The van der Waals surface area contributed by atoms with E-state index in [1.165, 1.54) is 0 Å². The fourth-order valence-electron chi connectivity index (χ4n) is 1.17. The molecule has 0 aliphatic heterocycles. The fourth-order valence-corrected chi connectivity index (χ4v) is 1.17. The van der Waals surface area contributed by atoms with E-state index in [1.54, 1.807) is 18.6 Å². The molecule has 0 aromatic carbocycles. The molecule has 0 aliphatic carbocycles. The molecule has 0 bridgehead atoms. The summed E-state index contributed by atoms with van der Waals surface area (Å²) >= 11 is 0. The van der Waals surface area contributed by atoms with Gasteiger partial charge in [0.25, 0.3) is 0 Å². The molecule has 0 amide bonds. The number of hydrogen-bond donors (Lipinski definition) is 1. The third kappa shape index (κ3) is 1.42. The van der Waals surface area contributed by atoms with Crippen LogP contribution in [-0.4, -0.2) is 19.9 Å². The number of aromatic nitrogens is 4. The van der Waals surface area contributed by atoms with Gasteiger partial charge < -0.3 is 4.98 Å². The van der Waals surface area contributed by atoms with Gasteiger partial charge in [-0.3, -0.25) is 4.98 Å². The van der Waals surface area contributed by atoms with Gasteiger partial charge in [-0.25, -0.2) is 9.97 Å². The molecular weight excluding hydrogens is 164 g/mol. The molecule has 66 valence electrons. The van der Waals surface area contributed by atoms with Crippen LogP contribution in [0.3, 0.4) is 0 Å². The molecular formula is C9H10N4. The average Bonchev–Trinajstić information content (AvgIpc) is 2.53. The summed E-state index contributed by atoms with van der Waals surface area (Å²) in [7, 11) is 0. The summed E-state index contributed by atoms with van der Waals surface area (Å²) in [5, 5.41) is 0. The van der Waals surface area contributed by atoms with Crippen molar-refractivity contribution in [1.29, 1.82) is 0 Å². The van der Waals surface area contributed by atoms with Crippen LogP contribution < -0.4 is 0 Å². The molecule has 0 atom stereocenters. The summed E-state index contributed by atoms with van der Waals surface area (Å²) in [5.74, 6) is 0.781. The van der Waals surface area contributed by atoms with Crippen molar-refractivity contribution in [2.24, 2.45) is 0 Å². The SMILES string of the molecule is Cc1cnc(-c2nccnc2C)[nH]1. The van der Waals surface area contributed by atoms with Crippen LogP contribution in [-0.2, 0) is 0 Å². The first-order chi connectivity index (χ1) is 6.27. The quantitative estimate of drug-likeness (QED) is 0.712. The number of aryl methyl sites for hydroxylation is 2. The van der Waals surface area contributed by atoms with E-state index in [1.807, 2.05) is 13.8 Å². The maximum Gasteiger partial charge on any atom is 0.158 e. The summed E-state index contributed by atoms with van der Waals surface area (Å²) < 4.78 is 0. The van der Waals surface area contributed by atoms with E-state index >= 15 is 0 Å². The van der Waals surface area contributed by atoms with E-state index in [2.05, 4.69) is 19.9 Å². The standard InChI is InChI=1S/C9H10N4/c1-6-5-12-9(13-6)8-7(2)10-3-4-11-8/h3-5H,1-2H3,(H,12,13). The second-order valence-corrected chi connectivity index (χ2v) is 2.91. The second-order valence-electron chi connectivity index (χ2n) is 2.91. The van der Waals surface area contributed by atoms with Crippen LogP contribution in [0.1, 0.15) is 11.4 Å². The third-order valence-corrected chi connectivity index (χ3v) is 1.81. The average molecular weight is 174 g/mol. The Morgan fingerprint density at radius 3 is 2.46 bits per heavy atom. The van der Waals surface area contributed by atoms with Gasteiger partial charge in [0.1, 0.15) is 5.69 Å². The highest BCUT2D eigenvalue weighted by atomic mass is 15.0. The van der Waals surface area contributed by atoms with Crippen LogP contribution >= 0.6 is 0 Å². The Labute approximate surface area is 76.1 Å². The van der Waals surface area contributed by atoms with Crippen molar-refractivity contribution in [2.45, 2.75) is 13.8 Å². The molecule has 2 heterocycles. The van der Waals surface area contributed by atoms with E-state index in [4.69, 9.17) is 0 Å². The van der Waals surface area contributed by atoms with Gasteiger partial charge in [0.05, 0.1) is 5.69 Å². The summed E-state index contributed by atoms with van der Waals surface area (Å²) in [4.78, 5) is 15.7. The summed E-state index contributed by atoms with van der Waals surface area (Å²) in [5.41, 5.74) is 2.73. The van der Waals surface area contributed by atoms with Crippen molar-refractivity contribution in [3.63, 3.8) is 0 Å². The van der Waals surface area contributed by atoms with Gasteiger partial charge in [0, 0.05) is 24.3 Å². The number of hydrogen-bond acceptors (Lipinski definition) is 3. The summed E-state index contributed by atoms with van der Waals surface area (Å²) in [6.07, 6.45) is 5.12. The summed E-state index contributed by atoms with van der Waals surface area (Å²) in [6, 6.07) is 0. The van der Waals surface area contributed by atoms with Gasteiger partial charge >= 0.3 is 0 Å². The zero-order valence-corrected chi connectivity index (χ0v) is 7.57. The Morgan fingerprint density at radius 1 is 1.08 bits per heavy atom. The fraction of sp³-hybridized carbons (Fsp3) is 0.222. The minimum atomic E-state index is 0.781. The smallest absolute Gasteiger partial charge is 0.158 e. The van der Waals surface area contributed by atoms with Gasteiger partial charge in [0.15, 0.2) is 5.82 Å². The molecule has 4 nitrogen and oxygen atoms in total. The van der Waals surface area contributed by atoms with Crippen molar-refractivity contribution in [3.8, 4) is 11.5 Å². The van der Waals surface area contributed by atoms with E-state index in [0.717, 1.165) is 22.9 Å². The van der Waals surface area contributed by atoms with Crippen LogP contribution in [0.2, 0.25) is 0 Å². The molecule has 0 aliphatic rings. The van der Waals surface area contributed by atoms with Crippen molar-refractivity contribution in [3.05, 3.63) is 30.0 Å². The van der Waals surface area contributed by atoms with Gasteiger partial charge in [-0.2, -0.15) is 0 Å². The molecule has 0 spiro atoms. The van der Waals surface area contributed by atoms with Crippen LogP contribution in [0.15, 0.2) is 18.6 Å². The predicted molar refractivity (Wildman–Crippen MR) is 49.1 cm³/mol. The molecule has 0 saturated carbocycles. The lowest BCUT2D eigenvalue weighted by Crippen LogP contribution is -1.92. The topological polar surface area (TPSA) is 54.5 Å². The normalized spacial score (nSPS) is 10.3. The van der Waals surface area contributed by atoms with Gasteiger partial charge in [0.2, 0.25) is 0 Å². The number of rotatable bonds is 1. The molecule has 4 heteroatoms. The van der Waals surface area contributed by atoms with Crippen molar-refractivity contribution in [2.75, 3.05) is 0 Å². The number of H-pyrrole nitrogens is 1. The first-order valence-corrected chi connectivity index (χ1v) is 4.07. The zero-order valence-electron chi connectivity index (χ0n) is 7.57. The maximum absolute atomic E-state index is 4.21. The molecule has 0 radical (unpaired) electrons. The second kappa shape index (κ2) is 2.97. The van der Waals surface area contributed by atoms with Gasteiger partial charge in [-0.1, -0.05) is 0 Å². The molecule has 0 saturated heterocycles. The highest BCUT2D eigenvalue weighted by Gasteiger charge is 2.05. The van der Waals surface area contributed by atoms with Gasteiger partial charge in [-0.15, -0.1) is 0 Å². The Balaban J connectivity index is 2.52. The monoisotopic (exact) mass is 174 g/mol.